The van der Waals surface area contributed by atoms with Gasteiger partial charge in [0.1, 0.15) is 0 Å². The molecule has 0 saturated heterocycles. The molecule has 11 aromatic rings. The third-order valence-electron chi connectivity index (χ3n) is 15.2. The van der Waals surface area contributed by atoms with Crippen LogP contribution in [0.1, 0.15) is 47.2 Å². The van der Waals surface area contributed by atoms with Crippen LogP contribution >= 0.6 is 0 Å². The SMILES string of the molecule is CC1(C)c2ccccc2-c2ccc(-c3c4cc(N5c6ccccc6Cc6ccccc65)ccc4c(-c4cccc5ccccc45)c4cc(N5c6ccccc6Cc6ccccc65)ccc34)cc21. The maximum atomic E-state index is 2.52. The molecule has 0 N–H and O–H groups in total. The van der Waals surface area contributed by atoms with Gasteiger partial charge in [0.05, 0.1) is 0 Å². The average Bonchev–Trinajstić information content (AvgIpc) is 3.60. The summed E-state index contributed by atoms with van der Waals surface area (Å²) in [5.41, 5.74) is 22.9. The average molecular weight is 855 g/mol. The summed E-state index contributed by atoms with van der Waals surface area (Å²) in [6.45, 7) is 4.79. The fourth-order valence-electron chi connectivity index (χ4n) is 12.1. The lowest BCUT2D eigenvalue weighted by Gasteiger charge is -2.34. The van der Waals surface area contributed by atoms with Crippen molar-refractivity contribution in [1.82, 2.24) is 0 Å². The second-order valence-electron chi connectivity index (χ2n) is 19.2. The molecule has 14 rings (SSSR count). The minimum atomic E-state index is -0.148. The molecule has 2 aliphatic heterocycles. The lowest BCUT2D eigenvalue weighted by Crippen LogP contribution is -2.18. The van der Waals surface area contributed by atoms with Crippen LogP contribution in [-0.2, 0) is 18.3 Å². The molecule has 316 valence electrons. The van der Waals surface area contributed by atoms with E-state index < -0.39 is 0 Å². The number of rotatable bonds is 4. The van der Waals surface area contributed by atoms with E-state index in [1.165, 1.54) is 122 Å². The van der Waals surface area contributed by atoms with E-state index >= 15 is 0 Å². The molecule has 3 aliphatic rings. The van der Waals surface area contributed by atoms with Gasteiger partial charge in [0, 0.05) is 52.4 Å². The Balaban J connectivity index is 1.11. The van der Waals surface area contributed by atoms with Gasteiger partial charge in [0.15, 0.2) is 0 Å². The predicted octanol–water partition coefficient (Wildman–Crippen LogP) is 17.5. The summed E-state index contributed by atoms with van der Waals surface area (Å²) >= 11 is 0. The molecule has 0 aromatic heterocycles. The van der Waals surface area contributed by atoms with Crippen LogP contribution in [-0.4, -0.2) is 0 Å². The Morgan fingerprint density at radius 3 is 1.40 bits per heavy atom. The van der Waals surface area contributed by atoms with E-state index in [1.807, 2.05) is 0 Å². The van der Waals surface area contributed by atoms with Crippen molar-refractivity contribution >= 4 is 66.4 Å². The van der Waals surface area contributed by atoms with Gasteiger partial charge >= 0.3 is 0 Å². The van der Waals surface area contributed by atoms with E-state index in [4.69, 9.17) is 0 Å². The number of benzene rings is 11. The third-order valence-corrected chi connectivity index (χ3v) is 15.2. The zero-order valence-corrected chi connectivity index (χ0v) is 37.6. The van der Waals surface area contributed by atoms with Gasteiger partial charge in [-0.2, -0.15) is 0 Å². The van der Waals surface area contributed by atoms with Crippen LogP contribution in [0.5, 0.6) is 0 Å². The fraction of sp³-hybridized carbons (Fsp3) is 0.0769. The van der Waals surface area contributed by atoms with Gasteiger partial charge in [0.25, 0.3) is 0 Å². The van der Waals surface area contributed by atoms with Crippen LogP contribution in [0.15, 0.2) is 218 Å². The lowest BCUT2D eigenvalue weighted by atomic mass is 9.80. The molecule has 0 unspecified atom stereocenters. The monoisotopic (exact) mass is 854 g/mol. The van der Waals surface area contributed by atoms with Crippen molar-refractivity contribution < 1.29 is 0 Å². The molecule has 0 amide bonds. The number of hydrogen-bond acceptors (Lipinski definition) is 2. The van der Waals surface area contributed by atoms with Crippen LogP contribution < -0.4 is 9.80 Å². The Morgan fingerprint density at radius 1 is 0.328 bits per heavy atom. The number of para-hydroxylation sites is 4. The highest BCUT2D eigenvalue weighted by atomic mass is 15.2. The summed E-state index contributed by atoms with van der Waals surface area (Å²) in [7, 11) is 0. The molecule has 0 atom stereocenters. The van der Waals surface area contributed by atoms with E-state index in [0.717, 1.165) is 24.2 Å². The van der Waals surface area contributed by atoms with Crippen LogP contribution in [0.2, 0.25) is 0 Å². The Kier molecular flexibility index (Phi) is 8.19. The normalized spacial score (nSPS) is 14.1. The van der Waals surface area contributed by atoms with E-state index in [1.54, 1.807) is 0 Å². The van der Waals surface area contributed by atoms with Gasteiger partial charge in [-0.05, 0) is 154 Å². The second kappa shape index (κ2) is 14.4. The number of anilines is 6. The first kappa shape index (κ1) is 38.1. The van der Waals surface area contributed by atoms with Gasteiger partial charge in [-0.1, -0.05) is 178 Å². The summed E-state index contributed by atoms with van der Waals surface area (Å²) in [6, 6.07) is 82.3. The molecule has 67 heavy (non-hydrogen) atoms. The van der Waals surface area contributed by atoms with Crippen LogP contribution in [0.3, 0.4) is 0 Å². The van der Waals surface area contributed by atoms with Gasteiger partial charge in [-0.25, -0.2) is 0 Å². The maximum Gasteiger partial charge on any atom is 0.0497 e. The molecule has 11 aromatic carbocycles. The molecule has 2 heterocycles. The van der Waals surface area contributed by atoms with Crippen molar-refractivity contribution in [2.45, 2.75) is 32.1 Å². The Morgan fingerprint density at radius 2 is 0.791 bits per heavy atom. The quantitative estimate of drug-likeness (QED) is 0.163. The summed E-state index contributed by atoms with van der Waals surface area (Å²) in [5.74, 6) is 0. The summed E-state index contributed by atoms with van der Waals surface area (Å²) in [6.07, 6.45) is 1.83. The van der Waals surface area contributed by atoms with E-state index in [-0.39, 0.29) is 5.41 Å². The van der Waals surface area contributed by atoms with Crippen LogP contribution in [0.25, 0.3) is 65.7 Å². The first-order chi connectivity index (χ1) is 33.0. The first-order valence-electron chi connectivity index (χ1n) is 23.7. The summed E-state index contributed by atoms with van der Waals surface area (Å²) < 4.78 is 0. The number of fused-ring (bicyclic) bond motifs is 10. The largest absolute Gasteiger partial charge is 0.310 e. The molecule has 0 spiro atoms. The van der Waals surface area contributed by atoms with Gasteiger partial charge in [-0.3, -0.25) is 0 Å². The number of hydrogen-bond donors (Lipinski definition) is 0. The molecule has 1 aliphatic carbocycles. The summed E-state index contributed by atoms with van der Waals surface area (Å²) in [4.78, 5) is 4.99. The molecule has 0 fully saturated rings. The third kappa shape index (κ3) is 5.63. The molecule has 0 radical (unpaired) electrons. The lowest BCUT2D eigenvalue weighted by molar-refractivity contribution is 0.660. The zero-order chi connectivity index (χ0) is 44.4. The van der Waals surface area contributed by atoms with Crippen molar-refractivity contribution in [1.29, 1.82) is 0 Å². The van der Waals surface area contributed by atoms with Gasteiger partial charge in [-0.15, -0.1) is 0 Å². The molecular formula is C65H46N2. The van der Waals surface area contributed by atoms with Crippen molar-refractivity contribution in [2.75, 3.05) is 9.80 Å². The van der Waals surface area contributed by atoms with Gasteiger partial charge < -0.3 is 9.80 Å². The topological polar surface area (TPSA) is 6.48 Å². The van der Waals surface area contributed by atoms with E-state index in [9.17, 15) is 0 Å². The standard InChI is InChI=1S/C65H46N2/c1-65(2)57-25-10-9-23-50(57)51-33-30-46(38-58(51)65)63-53-34-31-48(67-61-28-13-6-19-44(61)37-45-20-7-14-29-62(45)67)40-56(53)64(52-24-15-21-41-16-3-8-22-49(41)52)54-35-32-47(39-55(54)63)66-59-26-11-4-17-42(59)36-43-18-5-12-27-60(43)66/h3-35,38-40H,36-37H2,1-2H3. The molecular weight excluding hydrogens is 809 g/mol. The Hall–Kier alpha value is -8.20. The summed E-state index contributed by atoms with van der Waals surface area (Å²) in [5, 5.41) is 7.44. The highest BCUT2D eigenvalue weighted by Crippen LogP contribution is 2.54. The predicted molar refractivity (Wildman–Crippen MR) is 282 cm³/mol. The highest BCUT2D eigenvalue weighted by Gasteiger charge is 2.36. The van der Waals surface area contributed by atoms with Crippen LogP contribution in [0, 0.1) is 0 Å². The van der Waals surface area contributed by atoms with Crippen molar-refractivity contribution in [3.63, 3.8) is 0 Å². The van der Waals surface area contributed by atoms with Crippen molar-refractivity contribution in [3.05, 3.63) is 252 Å². The molecule has 2 heteroatoms. The smallest absolute Gasteiger partial charge is 0.0497 e. The van der Waals surface area contributed by atoms with Gasteiger partial charge in [0.2, 0.25) is 0 Å². The maximum absolute atomic E-state index is 2.52. The van der Waals surface area contributed by atoms with Crippen molar-refractivity contribution in [3.8, 4) is 33.4 Å². The Bertz CT molecular complexity index is 3780. The minimum absolute atomic E-state index is 0.148. The fourth-order valence-corrected chi connectivity index (χ4v) is 12.1. The molecule has 0 bridgehead atoms. The Labute approximate surface area is 391 Å². The molecule has 0 saturated carbocycles. The number of nitrogens with zero attached hydrogens (tertiary/aromatic N) is 2. The van der Waals surface area contributed by atoms with Crippen LogP contribution in [0.4, 0.5) is 34.1 Å². The zero-order valence-electron chi connectivity index (χ0n) is 37.6. The molecule has 2 nitrogen and oxygen atoms in total. The minimum Gasteiger partial charge on any atom is -0.310 e. The second-order valence-corrected chi connectivity index (χ2v) is 19.2. The van der Waals surface area contributed by atoms with E-state index in [0.29, 0.717) is 0 Å². The highest BCUT2D eigenvalue weighted by molar-refractivity contribution is 6.25. The van der Waals surface area contributed by atoms with E-state index in [2.05, 4.69) is 242 Å². The first-order valence-corrected chi connectivity index (χ1v) is 23.7. The van der Waals surface area contributed by atoms with Crippen molar-refractivity contribution in [2.24, 2.45) is 0 Å².